The highest BCUT2D eigenvalue weighted by Gasteiger charge is 2.29. The molecule has 1 fully saturated rings. The maximum atomic E-state index is 13.5. The normalized spacial score (nSPS) is 19.4. The third kappa shape index (κ3) is 3.77. The molecule has 5 rings (SSSR count). The SMILES string of the molecule is CC1CN(Cc2ccccc2)c2nc3c(c(=O)n(CCN4CCCCC4)c(=O)n3C)n2C1. The van der Waals surface area contributed by atoms with Crippen molar-refractivity contribution in [3.63, 3.8) is 0 Å². The number of fused-ring (bicyclic) bond motifs is 3. The molecule has 8 heteroatoms. The first-order valence-electron chi connectivity index (χ1n) is 11.7. The van der Waals surface area contributed by atoms with E-state index < -0.39 is 0 Å². The van der Waals surface area contributed by atoms with Crippen LogP contribution in [0.5, 0.6) is 0 Å². The van der Waals surface area contributed by atoms with Gasteiger partial charge in [0.15, 0.2) is 11.2 Å². The lowest BCUT2D eigenvalue weighted by Gasteiger charge is -2.33. The number of rotatable bonds is 5. The van der Waals surface area contributed by atoms with Crippen LogP contribution in [0, 0.1) is 5.92 Å². The first kappa shape index (κ1) is 21.0. The Morgan fingerprint density at radius 3 is 2.50 bits per heavy atom. The largest absolute Gasteiger partial charge is 0.338 e. The zero-order valence-electron chi connectivity index (χ0n) is 19.0. The molecule has 0 spiro atoms. The average Bonchev–Trinajstić information content (AvgIpc) is 3.19. The van der Waals surface area contributed by atoms with Crippen LogP contribution in [0.2, 0.25) is 0 Å². The van der Waals surface area contributed by atoms with Gasteiger partial charge in [0, 0.05) is 39.8 Å². The van der Waals surface area contributed by atoms with Crippen LogP contribution < -0.4 is 16.1 Å². The highest BCUT2D eigenvalue weighted by atomic mass is 16.2. The van der Waals surface area contributed by atoms with E-state index in [2.05, 4.69) is 28.9 Å². The lowest BCUT2D eigenvalue weighted by atomic mass is 10.1. The van der Waals surface area contributed by atoms with E-state index in [9.17, 15) is 9.59 Å². The average molecular weight is 437 g/mol. The molecule has 0 N–H and O–H groups in total. The predicted molar refractivity (Wildman–Crippen MR) is 126 cm³/mol. The molecule has 32 heavy (non-hydrogen) atoms. The number of aromatic nitrogens is 4. The van der Waals surface area contributed by atoms with Crippen LogP contribution in [0.1, 0.15) is 31.7 Å². The fourth-order valence-corrected chi connectivity index (χ4v) is 5.16. The molecule has 0 amide bonds. The van der Waals surface area contributed by atoms with Crippen LogP contribution in [-0.2, 0) is 26.7 Å². The summed E-state index contributed by atoms with van der Waals surface area (Å²) in [6.45, 7) is 7.78. The van der Waals surface area contributed by atoms with Crippen molar-refractivity contribution >= 4 is 17.1 Å². The predicted octanol–water partition coefficient (Wildman–Crippen LogP) is 2.04. The van der Waals surface area contributed by atoms with Gasteiger partial charge in [-0.1, -0.05) is 43.7 Å². The van der Waals surface area contributed by atoms with E-state index in [1.807, 2.05) is 22.8 Å². The summed E-state index contributed by atoms with van der Waals surface area (Å²) >= 11 is 0. The Morgan fingerprint density at radius 2 is 1.75 bits per heavy atom. The molecule has 0 saturated carbocycles. The fraction of sp³-hybridized carbons (Fsp3) is 0.542. The molecule has 2 aliphatic heterocycles. The van der Waals surface area contributed by atoms with E-state index in [0.29, 0.717) is 23.6 Å². The second kappa shape index (κ2) is 8.58. The van der Waals surface area contributed by atoms with Crippen molar-refractivity contribution < 1.29 is 0 Å². The zero-order chi connectivity index (χ0) is 22.2. The summed E-state index contributed by atoms with van der Waals surface area (Å²) in [7, 11) is 1.73. The Balaban J connectivity index is 1.55. The Hall–Kier alpha value is -2.87. The van der Waals surface area contributed by atoms with Crippen molar-refractivity contribution in [3.05, 3.63) is 56.7 Å². The fourth-order valence-electron chi connectivity index (χ4n) is 5.16. The van der Waals surface area contributed by atoms with E-state index in [0.717, 1.165) is 45.2 Å². The molecule has 1 atom stereocenters. The first-order valence-corrected chi connectivity index (χ1v) is 11.7. The minimum atomic E-state index is -0.280. The number of piperidine rings is 1. The number of likely N-dealkylation sites (tertiary alicyclic amines) is 1. The minimum Gasteiger partial charge on any atom is -0.338 e. The van der Waals surface area contributed by atoms with Gasteiger partial charge in [-0.2, -0.15) is 4.98 Å². The first-order chi connectivity index (χ1) is 15.5. The molecule has 4 heterocycles. The molecule has 3 aromatic rings. The van der Waals surface area contributed by atoms with Crippen LogP contribution in [0.4, 0.5) is 5.95 Å². The van der Waals surface area contributed by atoms with Gasteiger partial charge in [0.05, 0.1) is 0 Å². The molecule has 2 aromatic heterocycles. The van der Waals surface area contributed by atoms with Gasteiger partial charge >= 0.3 is 5.69 Å². The highest BCUT2D eigenvalue weighted by molar-refractivity contribution is 5.75. The summed E-state index contributed by atoms with van der Waals surface area (Å²) in [5.41, 5.74) is 1.74. The summed E-state index contributed by atoms with van der Waals surface area (Å²) in [6.07, 6.45) is 3.65. The minimum absolute atomic E-state index is 0.215. The number of hydrogen-bond acceptors (Lipinski definition) is 5. The van der Waals surface area contributed by atoms with Crippen molar-refractivity contribution in [1.29, 1.82) is 0 Å². The lowest BCUT2D eigenvalue weighted by Crippen LogP contribution is -2.43. The number of nitrogens with zero attached hydrogens (tertiary/aromatic N) is 6. The van der Waals surface area contributed by atoms with Gasteiger partial charge in [0.25, 0.3) is 5.56 Å². The molecule has 1 unspecified atom stereocenters. The van der Waals surface area contributed by atoms with E-state index in [-0.39, 0.29) is 11.2 Å². The van der Waals surface area contributed by atoms with Gasteiger partial charge in [0.2, 0.25) is 5.95 Å². The molecule has 0 radical (unpaired) electrons. The number of aryl methyl sites for hydroxylation is 1. The van der Waals surface area contributed by atoms with E-state index in [1.54, 1.807) is 11.6 Å². The molecule has 8 nitrogen and oxygen atoms in total. The smallest absolute Gasteiger partial charge is 0.332 e. The van der Waals surface area contributed by atoms with Crippen molar-refractivity contribution in [3.8, 4) is 0 Å². The third-order valence-electron chi connectivity index (χ3n) is 6.83. The summed E-state index contributed by atoms with van der Waals surface area (Å²) in [5.74, 6) is 1.16. The standard InChI is InChI=1S/C24H32N6O2/c1-18-15-28(17-19-9-5-3-6-10-19)23-25-21-20(30(23)16-18)22(31)29(24(32)26(21)2)14-13-27-11-7-4-8-12-27/h3,5-6,9-10,18H,4,7-8,11-17H2,1-2H3. The lowest BCUT2D eigenvalue weighted by molar-refractivity contribution is 0.218. The van der Waals surface area contributed by atoms with Crippen molar-refractivity contribution in [1.82, 2.24) is 23.6 Å². The Kier molecular flexibility index (Phi) is 5.63. The molecule has 170 valence electrons. The van der Waals surface area contributed by atoms with Gasteiger partial charge in [-0.3, -0.25) is 13.9 Å². The molecule has 0 bridgehead atoms. The number of benzene rings is 1. The molecule has 2 aliphatic rings. The summed E-state index contributed by atoms with van der Waals surface area (Å²) in [4.78, 5) is 36.0. The van der Waals surface area contributed by atoms with Crippen LogP contribution >= 0.6 is 0 Å². The molecule has 1 aromatic carbocycles. The second-order valence-electron chi connectivity index (χ2n) is 9.37. The maximum absolute atomic E-state index is 13.5. The monoisotopic (exact) mass is 436 g/mol. The highest BCUT2D eigenvalue weighted by Crippen LogP contribution is 2.28. The number of hydrogen-bond donors (Lipinski definition) is 0. The van der Waals surface area contributed by atoms with Crippen LogP contribution in [0.15, 0.2) is 39.9 Å². The van der Waals surface area contributed by atoms with E-state index in [1.165, 1.54) is 29.4 Å². The van der Waals surface area contributed by atoms with Gasteiger partial charge < -0.3 is 14.4 Å². The van der Waals surface area contributed by atoms with Crippen LogP contribution in [0.25, 0.3) is 11.2 Å². The Morgan fingerprint density at radius 1 is 1.00 bits per heavy atom. The van der Waals surface area contributed by atoms with Crippen LogP contribution in [-0.4, -0.2) is 49.8 Å². The van der Waals surface area contributed by atoms with Gasteiger partial charge in [-0.25, -0.2) is 4.79 Å². The van der Waals surface area contributed by atoms with E-state index in [4.69, 9.17) is 4.98 Å². The molecular weight excluding hydrogens is 404 g/mol. The second-order valence-corrected chi connectivity index (χ2v) is 9.37. The summed E-state index contributed by atoms with van der Waals surface area (Å²) in [6, 6.07) is 10.3. The van der Waals surface area contributed by atoms with Gasteiger partial charge in [-0.15, -0.1) is 0 Å². The maximum Gasteiger partial charge on any atom is 0.332 e. The van der Waals surface area contributed by atoms with Crippen LogP contribution in [0.3, 0.4) is 0 Å². The molecule has 0 aliphatic carbocycles. The topological polar surface area (TPSA) is 68.3 Å². The Bertz CT molecular complexity index is 1220. The number of imidazole rings is 1. The van der Waals surface area contributed by atoms with Crippen molar-refractivity contribution in [2.45, 2.75) is 45.8 Å². The van der Waals surface area contributed by atoms with E-state index >= 15 is 0 Å². The van der Waals surface area contributed by atoms with Crippen molar-refractivity contribution in [2.24, 2.45) is 13.0 Å². The Labute approximate surface area is 187 Å². The molecular formula is C24H32N6O2. The summed E-state index contributed by atoms with van der Waals surface area (Å²) < 4.78 is 4.99. The zero-order valence-corrected chi connectivity index (χ0v) is 19.0. The van der Waals surface area contributed by atoms with Crippen molar-refractivity contribution in [2.75, 3.05) is 31.1 Å². The van der Waals surface area contributed by atoms with Gasteiger partial charge in [-0.05, 0) is 37.4 Å². The van der Waals surface area contributed by atoms with Gasteiger partial charge in [0.1, 0.15) is 0 Å². The number of anilines is 1. The molecule has 1 saturated heterocycles. The quantitative estimate of drug-likeness (QED) is 0.612. The summed E-state index contributed by atoms with van der Waals surface area (Å²) in [5, 5.41) is 0. The third-order valence-corrected chi connectivity index (χ3v) is 6.83.